The molecule has 1 atom stereocenters. The van der Waals surface area contributed by atoms with Crippen molar-refractivity contribution in [2.45, 2.75) is 136 Å². The van der Waals surface area contributed by atoms with Gasteiger partial charge in [0.25, 0.3) is 0 Å². The normalized spacial score (nSPS) is 12.5. The van der Waals surface area contributed by atoms with Gasteiger partial charge < -0.3 is 10.0 Å². The van der Waals surface area contributed by atoms with E-state index >= 15 is 0 Å². The topological polar surface area (TPSA) is 23.5 Å². The highest BCUT2D eigenvalue weighted by Gasteiger charge is 2.13. The van der Waals surface area contributed by atoms with Crippen LogP contribution in [0, 0.1) is 0 Å². The number of rotatable bonds is 23. The van der Waals surface area contributed by atoms with E-state index < -0.39 is 6.10 Å². The Balaban J connectivity index is 2.28. The molecule has 2 nitrogen and oxygen atoms in total. The Morgan fingerprint density at radius 2 is 0.970 bits per heavy atom. The van der Waals surface area contributed by atoms with E-state index in [0.717, 1.165) is 30.2 Å². The van der Waals surface area contributed by atoms with Crippen LogP contribution in [-0.4, -0.2) is 29.6 Å². The zero-order valence-corrected chi connectivity index (χ0v) is 22.8. The van der Waals surface area contributed by atoms with Crippen molar-refractivity contribution in [3.05, 3.63) is 34.9 Å². The number of aliphatic hydroxyl groups excluding tert-OH is 1. The summed E-state index contributed by atoms with van der Waals surface area (Å²) in [5.41, 5.74) is 0.976. The first-order valence-electron chi connectivity index (χ1n) is 14.3. The highest BCUT2D eigenvalue weighted by atomic mass is 35.5. The van der Waals surface area contributed by atoms with E-state index in [1.54, 1.807) is 0 Å². The second kappa shape index (κ2) is 21.9. The van der Waals surface area contributed by atoms with Gasteiger partial charge >= 0.3 is 0 Å². The zero-order valence-electron chi connectivity index (χ0n) is 22.0. The molecule has 0 amide bonds. The van der Waals surface area contributed by atoms with Crippen LogP contribution in [0.5, 0.6) is 0 Å². The van der Waals surface area contributed by atoms with Crippen LogP contribution < -0.4 is 0 Å². The van der Waals surface area contributed by atoms with Gasteiger partial charge in [-0.1, -0.05) is 140 Å². The molecular weight excluding hydrogens is 426 g/mol. The second-order valence-corrected chi connectivity index (χ2v) is 10.5. The molecule has 0 aliphatic rings. The molecule has 0 saturated heterocycles. The predicted molar refractivity (Wildman–Crippen MR) is 147 cm³/mol. The minimum atomic E-state index is -0.431. The molecule has 0 aromatic heterocycles. The third-order valence-electron chi connectivity index (χ3n) is 6.84. The Labute approximate surface area is 211 Å². The monoisotopic (exact) mass is 479 g/mol. The van der Waals surface area contributed by atoms with Crippen molar-refractivity contribution in [2.75, 3.05) is 19.6 Å². The molecule has 3 heteroatoms. The van der Waals surface area contributed by atoms with E-state index in [2.05, 4.69) is 18.7 Å². The van der Waals surface area contributed by atoms with Gasteiger partial charge in [-0.05, 0) is 43.6 Å². The molecule has 0 bridgehead atoms. The maximum Gasteiger partial charge on any atom is 0.0916 e. The summed E-state index contributed by atoms with van der Waals surface area (Å²) in [7, 11) is 0. The van der Waals surface area contributed by atoms with E-state index in [1.165, 1.54) is 116 Å². The highest BCUT2D eigenvalue weighted by molar-refractivity contribution is 6.30. The summed E-state index contributed by atoms with van der Waals surface area (Å²) in [5.74, 6) is 0. The van der Waals surface area contributed by atoms with E-state index in [0.29, 0.717) is 0 Å². The standard InChI is InChI=1S/C30H54ClNO/c1-3-5-7-9-11-13-15-17-19-25-32(26-20-18-16-14-12-10-8-6-4-2)27-30(33)28-21-23-29(31)24-22-28/h21-24,30,33H,3-20,25-27H2,1-2H3/t30-/m0/s1. The number of unbranched alkanes of at least 4 members (excludes halogenated alkanes) is 16. The van der Waals surface area contributed by atoms with Crippen LogP contribution in [0.25, 0.3) is 0 Å². The van der Waals surface area contributed by atoms with Gasteiger partial charge in [0, 0.05) is 11.6 Å². The highest BCUT2D eigenvalue weighted by Crippen LogP contribution is 2.19. The minimum absolute atomic E-state index is 0.431. The smallest absolute Gasteiger partial charge is 0.0916 e. The summed E-state index contributed by atoms with van der Waals surface area (Å²) >= 11 is 6.02. The van der Waals surface area contributed by atoms with Gasteiger partial charge in [-0.15, -0.1) is 0 Å². The fourth-order valence-corrected chi connectivity index (χ4v) is 4.75. The number of halogens is 1. The Morgan fingerprint density at radius 1 is 0.606 bits per heavy atom. The van der Waals surface area contributed by atoms with Crippen LogP contribution in [0.1, 0.15) is 141 Å². The second-order valence-electron chi connectivity index (χ2n) is 10.0. The van der Waals surface area contributed by atoms with Gasteiger partial charge in [-0.25, -0.2) is 0 Å². The maximum atomic E-state index is 10.8. The molecule has 0 heterocycles. The number of benzene rings is 1. The summed E-state index contributed by atoms with van der Waals surface area (Å²) < 4.78 is 0. The number of nitrogens with zero attached hydrogens (tertiary/aromatic N) is 1. The summed E-state index contributed by atoms with van der Waals surface area (Å²) in [5, 5.41) is 11.5. The molecule has 0 saturated carbocycles. The van der Waals surface area contributed by atoms with Crippen molar-refractivity contribution in [3.8, 4) is 0 Å². The Kier molecular flexibility index (Phi) is 20.2. The number of hydrogen-bond acceptors (Lipinski definition) is 2. The molecule has 0 aliphatic heterocycles. The first kappa shape index (κ1) is 30.5. The van der Waals surface area contributed by atoms with Gasteiger partial charge in [-0.2, -0.15) is 0 Å². The zero-order chi connectivity index (χ0) is 24.0. The SMILES string of the molecule is CCCCCCCCCCCN(CCCCCCCCCCC)C[C@H](O)c1ccc(Cl)cc1. The molecule has 1 aromatic carbocycles. The van der Waals surface area contributed by atoms with Crippen LogP contribution in [0.2, 0.25) is 5.02 Å². The fourth-order valence-electron chi connectivity index (χ4n) is 4.62. The van der Waals surface area contributed by atoms with E-state index in [9.17, 15) is 5.11 Å². The van der Waals surface area contributed by atoms with Crippen LogP contribution >= 0.6 is 11.6 Å². The fraction of sp³-hybridized carbons (Fsp3) is 0.800. The average molecular weight is 480 g/mol. The van der Waals surface area contributed by atoms with Crippen molar-refractivity contribution in [1.29, 1.82) is 0 Å². The Hall–Kier alpha value is -0.570. The van der Waals surface area contributed by atoms with Gasteiger partial charge in [-0.3, -0.25) is 0 Å². The van der Waals surface area contributed by atoms with Crippen LogP contribution in [-0.2, 0) is 0 Å². The van der Waals surface area contributed by atoms with Crippen molar-refractivity contribution < 1.29 is 5.11 Å². The Morgan fingerprint density at radius 3 is 1.36 bits per heavy atom. The molecule has 33 heavy (non-hydrogen) atoms. The summed E-state index contributed by atoms with van der Waals surface area (Å²) in [6, 6.07) is 7.68. The molecule has 0 aliphatic carbocycles. The lowest BCUT2D eigenvalue weighted by Crippen LogP contribution is -2.31. The van der Waals surface area contributed by atoms with E-state index in [4.69, 9.17) is 11.6 Å². The van der Waals surface area contributed by atoms with Gasteiger partial charge in [0.15, 0.2) is 0 Å². The molecule has 1 N–H and O–H groups in total. The average Bonchev–Trinajstić information content (AvgIpc) is 2.82. The minimum Gasteiger partial charge on any atom is -0.387 e. The van der Waals surface area contributed by atoms with Crippen LogP contribution in [0.3, 0.4) is 0 Å². The lowest BCUT2D eigenvalue weighted by atomic mass is 10.1. The van der Waals surface area contributed by atoms with Gasteiger partial charge in [0.05, 0.1) is 6.10 Å². The molecular formula is C30H54ClNO. The molecule has 1 aromatic rings. The van der Waals surface area contributed by atoms with Crippen molar-refractivity contribution in [3.63, 3.8) is 0 Å². The lowest BCUT2D eigenvalue weighted by molar-refractivity contribution is 0.110. The third kappa shape index (κ3) is 17.5. The largest absolute Gasteiger partial charge is 0.387 e. The van der Waals surface area contributed by atoms with Crippen molar-refractivity contribution in [2.24, 2.45) is 0 Å². The Bertz CT molecular complexity index is 511. The summed E-state index contributed by atoms with van der Waals surface area (Å²) in [4.78, 5) is 2.50. The summed E-state index contributed by atoms with van der Waals surface area (Å²) in [6.45, 7) is 7.51. The van der Waals surface area contributed by atoms with Crippen molar-refractivity contribution >= 4 is 11.6 Å². The predicted octanol–water partition coefficient (Wildman–Crippen LogP) is 9.74. The number of hydrogen-bond donors (Lipinski definition) is 1. The first-order valence-corrected chi connectivity index (χ1v) is 14.7. The lowest BCUT2D eigenvalue weighted by Gasteiger charge is -2.25. The number of aliphatic hydroxyl groups is 1. The first-order chi connectivity index (χ1) is 16.2. The molecule has 0 fully saturated rings. The third-order valence-corrected chi connectivity index (χ3v) is 7.09. The van der Waals surface area contributed by atoms with E-state index in [-0.39, 0.29) is 0 Å². The van der Waals surface area contributed by atoms with E-state index in [1.807, 2.05) is 24.3 Å². The molecule has 192 valence electrons. The maximum absolute atomic E-state index is 10.8. The van der Waals surface area contributed by atoms with Crippen LogP contribution in [0.15, 0.2) is 24.3 Å². The van der Waals surface area contributed by atoms with Crippen molar-refractivity contribution in [1.82, 2.24) is 4.90 Å². The molecule has 0 spiro atoms. The van der Waals surface area contributed by atoms with Crippen LogP contribution in [0.4, 0.5) is 0 Å². The van der Waals surface area contributed by atoms with Gasteiger partial charge in [0.2, 0.25) is 0 Å². The molecule has 0 unspecified atom stereocenters. The quantitative estimate of drug-likeness (QED) is 0.158. The molecule has 1 rings (SSSR count). The summed E-state index contributed by atoms with van der Waals surface area (Å²) in [6.07, 6.45) is 24.1. The molecule has 0 radical (unpaired) electrons. The van der Waals surface area contributed by atoms with Gasteiger partial charge in [0.1, 0.15) is 0 Å².